The molecule has 90 valence electrons. The third-order valence-electron chi connectivity index (χ3n) is 1.83. The van der Waals surface area contributed by atoms with Gasteiger partial charge in [0.25, 0.3) is 0 Å². The second kappa shape index (κ2) is 6.35. The molecule has 6 heteroatoms. The standard InChI is InChI=1S/C10H9ClF3IS/c11-5-1-2-7-6-8(15)3-4-9(7)16-10(12,13)14/h3-4,6H,1-2,5H2. The summed E-state index contributed by atoms with van der Waals surface area (Å²) in [6.45, 7) is 0. The molecular weight excluding hydrogens is 372 g/mol. The molecular formula is C10H9ClF3IS. The Balaban J connectivity index is 2.89. The topological polar surface area (TPSA) is 0 Å². The molecule has 0 unspecified atom stereocenters. The number of thioether (sulfide) groups is 1. The molecule has 1 aromatic rings. The van der Waals surface area contributed by atoms with Crippen molar-refractivity contribution >= 4 is 46.0 Å². The summed E-state index contributed by atoms with van der Waals surface area (Å²) in [7, 11) is 0. The molecule has 0 aromatic heterocycles. The highest BCUT2D eigenvalue weighted by Gasteiger charge is 2.30. The van der Waals surface area contributed by atoms with Gasteiger partial charge in [-0.25, -0.2) is 0 Å². The maximum absolute atomic E-state index is 12.3. The van der Waals surface area contributed by atoms with Gasteiger partial charge >= 0.3 is 5.51 Å². The lowest BCUT2D eigenvalue weighted by Gasteiger charge is -2.11. The molecule has 0 bridgehead atoms. The zero-order valence-corrected chi connectivity index (χ0v) is 11.9. The Morgan fingerprint density at radius 2 is 2.00 bits per heavy atom. The van der Waals surface area contributed by atoms with Crippen LogP contribution >= 0.6 is 46.0 Å². The average Bonchev–Trinajstić information content (AvgIpc) is 2.16. The minimum atomic E-state index is -4.23. The fraction of sp³-hybridized carbons (Fsp3) is 0.400. The zero-order valence-electron chi connectivity index (χ0n) is 8.15. The highest BCUT2D eigenvalue weighted by atomic mass is 127. The molecule has 0 atom stereocenters. The first-order valence-corrected chi connectivity index (χ1v) is 6.95. The molecule has 0 saturated heterocycles. The Hall–Kier alpha value is 0.380. The summed E-state index contributed by atoms with van der Waals surface area (Å²) in [6, 6.07) is 4.98. The van der Waals surface area contributed by atoms with Crippen molar-refractivity contribution in [2.24, 2.45) is 0 Å². The van der Waals surface area contributed by atoms with Crippen molar-refractivity contribution in [2.75, 3.05) is 5.88 Å². The number of hydrogen-bond acceptors (Lipinski definition) is 1. The van der Waals surface area contributed by atoms with Crippen LogP contribution in [0.2, 0.25) is 0 Å². The molecule has 16 heavy (non-hydrogen) atoms. The van der Waals surface area contributed by atoms with Gasteiger partial charge in [-0.15, -0.1) is 11.6 Å². The van der Waals surface area contributed by atoms with Gasteiger partial charge in [-0.05, 0) is 71.0 Å². The minimum absolute atomic E-state index is 0.0599. The SMILES string of the molecule is FC(F)(F)Sc1ccc(I)cc1CCCCl. The van der Waals surface area contributed by atoms with Gasteiger partial charge in [0.2, 0.25) is 0 Å². The average molecular weight is 381 g/mol. The van der Waals surface area contributed by atoms with Crippen molar-refractivity contribution in [3.63, 3.8) is 0 Å². The van der Waals surface area contributed by atoms with Crippen molar-refractivity contribution in [3.05, 3.63) is 27.3 Å². The van der Waals surface area contributed by atoms with Crippen molar-refractivity contribution in [2.45, 2.75) is 23.2 Å². The predicted molar refractivity (Wildman–Crippen MR) is 70.1 cm³/mol. The maximum Gasteiger partial charge on any atom is 0.446 e. The molecule has 0 aliphatic heterocycles. The molecule has 0 spiro atoms. The number of benzene rings is 1. The molecule has 0 N–H and O–H groups in total. The number of aryl methyl sites for hydroxylation is 1. The lowest BCUT2D eigenvalue weighted by atomic mass is 10.1. The van der Waals surface area contributed by atoms with E-state index in [0.717, 1.165) is 9.13 Å². The molecule has 0 fully saturated rings. The smallest absolute Gasteiger partial charge is 0.160 e. The monoisotopic (exact) mass is 380 g/mol. The van der Waals surface area contributed by atoms with E-state index in [1.165, 1.54) is 6.07 Å². The molecule has 0 heterocycles. The summed E-state index contributed by atoms with van der Waals surface area (Å²) in [5, 5.41) is 0. The zero-order chi connectivity index (χ0) is 12.2. The quantitative estimate of drug-likeness (QED) is 0.399. The van der Waals surface area contributed by atoms with E-state index >= 15 is 0 Å². The first-order chi connectivity index (χ1) is 7.42. The Bertz CT molecular complexity index is 354. The largest absolute Gasteiger partial charge is 0.446 e. The third kappa shape index (κ3) is 5.14. The second-order valence-electron chi connectivity index (χ2n) is 3.09. The van der Waals surface area contributed by atoms with Crippen molar-refractivity contribution < 1.29 is 13.2 Å². The molecule has 0 amide bonds. The van der Waals surface area contributed by atoms with Gasteiger partial charge < -0.3 is 0 Å². The summed E-state index contributed by atoms with van der Waals surface area (Å²) < 4.78 is 37.8. The summed E-state index contributed by atoms with van der Waals surface area (Å²) in [5.41, 5.74) is -3.52. The van der Waals surface area contributed by atoms with Gasteiger partial charge in [-0.1, -0.05) is 0 Å². The van der Waals surface area contributed by atoms with Crippen LogP contribution in [0.3, 0.4) is 0 Å². The van der Waals surface area contributed by atoms with Crippen LogP contribution in [0.15, 0.2) is 23.1 Å². The summed E-state index contributed by atoms with van der Waals surface area (Å²) >= 11 is 7.57. The lowest BCUT2D eigenvalue weighted by molar-refractivity contribution is -0.0328. The summed E-state index contributed by atoms with van der Waals surface area (Å²) in [5.74, 6) is 0.460. The van der Waals surface area contributed by atoms with E-state index in [1.54, 1.807) is 12.1 Å². The summed E-state index contributed by atoms with van der Waals surface area (Å²) in [6.07, 6.45) is 1.27. The minimum Gasteiger partial charge on any atom is -0.160 e. The fourth-order valence-electron chi connectivity index (χ4n) is 1.22. The van der Waals surface area contributed by atoms with Gasteiger partial charge in [0.05, 0.1) is 0 Å². The van der Waals surface area contributed by atoms with Crippen LogP contribution in [0.5, 0.6) is 0 Å². The van der Waals surface area contributed by atoms with Crippen LogP contribution < -0.4 is 0 Å². The van der Waals surface area contributed by atoms with E-state index < -0.39 is 5.51 Å². The predicted octanol–water partition coefficient (Wildman–Crippen LogP) is 5.07. The number of halogens is 5. The van der Waals surface area contributed by atoms with Gasteiger partial charge in [0.15, 0.2) is 0 Å². The molecule has 1 rings (SSSR count). The second-order valence-corrected chi connectivity index (χ2v) is 5.82. The van der Waals surface area contributed by atoms with Gasteiger partial charge in [0, 0.05) is 14.3 Å². The van der Waals surface area contributed by atoms with Crippen LogP contribution in [-0.2, 0) is 6.42 Å². The van der Waals surface area contributed by atoms with Crippen molar-refractivity contribution in [3.8, 4) is 0 Å². The van der Waals surface area contributed by atoms with Gasteiger partial charge in [-0.3, -0.25) is 0 Å². The van der Waals surface area contributed by atoms with E-state index in [2.05, 4.69) is 22.6 Å². The maximum atomic E-state index is 12.3. The third-order valence-corrected chi connectivity index (χ3v) is 3.62. The Kier molecular flexibility index (Phi) is 5.73. The molecule has 1 aromatic carbocycles. The normalized spacial score (nSPS) is 11.8. The van der Waals surface area contributed by atoms with Crippen molar-refractivity contribution in [1.29, 1.82) is 0 Å². The van der Waals surface area contributed by atoms with E-state index in [9.17, 15) is 13.2 Å². The molecule has 0 aliphatic carbocycles. The van der Waals surface area contributed by atoms with E-state index in [0.29, 0.717) is 18.7 Å². The van der Waals surface area contributed by atoms with E-state index in [1.807, 2.05) is 0 Å². The first-order valence-electron chi connectivity index (χ1n) is 4.52. The highest BCUT2D eigenvalue weighted by Crippen LogP contribution is 2.39. The molecule has 0 saturated carbocycles. The van der Waals surface area contributed by atoms with Crippen LogP contribution in [0.1, 0.15) is 12.0 Å². The molecule has 0 aliphatic rings. The highest BCUT2D eigenvalue weighted by molar-refractivity contribution is 14.1. The lowest BCUT2D eigenvalue weighted by Crippen LogP contribution is -2.01. The number of rotatable bonds is 4. The van der Waals surface area contributed by atoms with Crippen LogP contribution in [0, 0.1) is 3.57 Å². The molecule has 0 radical (unpaired) electrons. The van der Waals surface area contributed by atoms with E-state index in [-0.39, 0.29) is 16.7 Å². The van der Waals surface area contributed by atoms with Crippen molar-refractivity contribution in [1.82, 2.24) is 0 Å². The van der Waals surface area contributed by atoms with Crippen LogP contribution in [-0.4, -0.2) is 11.4 Å². The fourth-order valence-corrected chi connectivity index (χ4v) is 2.59. The van der Waals surface area contributed by atoms with E-state index in [4.69, 9.17) is 11.6 Å². The number of hydrogen-bond donors (Lipinski definition) is 0. The van der Waals surface area contributed by atoms with Gasteiger partial charge in [-0.2, -0.15) is 13.2 Å². The molecule has 0 nitrogen and oxygen atoms in total. The Labute approximate surface area is 115 Å². The first kappa shape index (κ1) is 14.4. The number of alkyl halides is 4. The Morgan fingerprint density at radius 3 is 2.56 bits per heavy atom. The van der Waals surface area contributed by atoms with Crippen LogP contribution in [0.25, 0.3) is 0 Å². The Morgan fingerprint density at radius 1 is 1.31 bits per heavy atom. The summed E-state index contributed by atoms with van der Waals surface area (Å²) in [4.78, 5) is 0.276. The van der Waals surface area contributed by atoms with Gasteiger partial charge in [0.1, 0.15) is 0 Å². The van der Waals surface area contributed by atoms with Crippen LogP contribution in [0.4, 0.5) is 13.2 Å².